The van der Waals surface area contributed by atoms with Crippen LogP contribution in [0.25, 0.3) is 6.08 Å². The highest BCUT2D eigenvalue weighted by atomic mass is 19.2. The second-order valence-electron chi connectivity index (χ2n) is 8.26. The van der Waals surface area contributed by atoms with Crippen LogP contribution in [-0.4, -0.2) is 11.7 Å². The van der Waals surface area contributed by atoms with Gasteiger partial charge in [-0.2, -0.15) is 0 Å². The average molecular weight is 433 g/mol. The zero-order chi connectivity index (χ0) is 22.4. The number of rotatable bonds is 8. The number of hydrogen-bond acceptors (Lipinski definition) is 2. The van der Waals surface area contributed by atoms with E-state index in [1.807, 2.05) is 32.1 Å². The Kier molecular flexibility index (Phi) is 8.19. The van der Waals surface area contributed by atoms with Gasteiger partial charge in [0.15, 0.2) is 11.6 Å². The summed E-state index contributed by atoms with van der Waals surface area (Å²) in [7, 11) is 0. The highest BCUT2D eigenvalue weighted by molar-refractivity contribution is 5.51. The summed E-state index contributed by atoms with van der Waals surface area (Å²) in [4.78, 5) is 0. The van der Waals surface area contributed by atoms with E-state index < -0.39 is 17.7 Å². The quantitative estimate of drug-likeness (QED) is 0.473. The van der Waals surface area contributed by atoms with E-state index >= 15 is 0 Å². The molecule has 2 aromatic carbocycles. The molecule has 0 aromatic heterocycles. The lowest BCUT2D eigenvalue weighted by Gasteiger charge is -2.27. The van der Waals surface area contributed by atoms with Crippen molar-refractivity contribution in [3.05, 3.63) is 70.5 Å². The van der Waals surface area contributed by atoms with E-state index in [4.69, 9.17) is 4.74 Å². The van der Waals surface area contributed by atoms with Crippen molar-refractivity contribution in [3.63, 3.8) is 0 Å². The van der Waals surface area contributed by atoms with Gasteiger partial charge in [0.1, 0.15) is 11.6 Å². The molecule has 0 saturated heterocycles. The third-order valence-corrected chi connectivity index (χ3v) is 6.11. The molecular weight excluding hydrogens is 401 g/mol. The lowest BCUT2D eigenvalue weighted by Crippen LogP contribution is -2.13. The van der Waals surface area contributed by atoms with E-state index in [2.05, 4.69) is 0 Å². The van der Waals surface area contributed by atoms with Crippen molar-refractivity contribution in [2.45, 2.75) is 64.4 Å². The van der Waals surface area contributed by atoms with Crippen molar-refractivity contribution in [3.8, 4) is 5.75 Å². The molecule has 1 saturated carbocycles. The molecular formula is C26H31F3O2. The lowest BCUT2D eigenvalue weighted by molar-refractivity contribution is 0.160. The number of allylic oxidation sites excluding steroid dienone is 1. The van der Waals surface area contributed by atoms with Crippen molar-refractivity contribution < 1.29 is 23.0 Å². The molecule has 1 atom stereocenters. The second kappa shape index (κ2) is 10.9. The number of benzene rings is 2. The Balaban J connectivity index is 1.61. The second-order valence-corrected chi connectivity index (χ2v) is 8.26. The zero-order valence-corrected chi connectivity index (χ0v) is 18.2. The fourth-order valence-corrected chi connectivity index (χ4v) is 4.35. The fourth-order valence-electron chi connectivity index (χ4n) is 4.35. The molecule has 1 fully saturated rings. The summed E-state index contributed by atoms with van der Waals surface area (Å²) in [5.41, 5.74) is 0.916. The predicted molar refractivity (Wildman–Crippen MR) is 118 cm³/mol. The molecule has 0 amide bonds. The van der Waals surface area contributed by atoms with E-state index in [9.17, 15) is 18.3 Å². The Morgan fingerprint density at radius 2 is 1.77 bits per heavy atom. The zero-order valence-electron chi connectivity index (χ0n) is 18.2. The molecule has 3 rings (SSSR count). The minimum atomic E-state index is -0.990. The highest BCUT2D eigenvalue weighted by Gasteiger charge is 2.24. The minimum Gasteiger partial charge on any atom is -0.494 e. The number of aliphatic hydroxyl groups excluding tert-OH is 1. The van der Waals surface area contributed by atoms with Crippen LogP contribution in [0, 0.1) is 23.4 Å². The van der Waals surface area contributed by atoms with Crippen molar-refractivity contribution in [1.29, 1.82) is 0 Å². The van der Waals surface area contributed by atoms with Crippen molar-refractivity contribution in [2.75, 3.05) is 6.61 Å². The van der Waals surface area contributed by atoms with Crippen molar-refractivity contribution in [1.82, 2.24) is 0 Å². The molecule has 5 heteroatoms. The first-order chi connectivity index (χ1) is 14.9. The summed E-state index contributed by atoms with van der Waals surface area (Å²) in [6.45, 7) is 4.25. The minimum absolute atomic E-state index is 0.00869. The molecule has 0 aliphatic heterocycles. The van der Waals surface area contributed by atoms with Gasteiger partial charge in [0.2, 0.25) is 0 Å². The van der Waals surface area contributed by atoms with Gasteiger partial charge in [0, 0.05) is 17.2 Å². The molecule has 168 valence electrons. The largest absolute Gasteiger partial charge is 0.494 e. The van der Waals surface area contributed by atoms with E-state index in [0.717, 1.165) is 31.2 Å². The van der Waals surface area contributed by atoms with Gasteiger partial charge in [0.05, 0.1) is 12.7 Å². The summed E-state index contributed by atoms with van der Waals surface area (Å²) in [5, 5.41) is 9.97. The van der Waals surface area contributed by atoms with E-state index in [1.54, 1.807) is 6.08 Å². The third-order valence-electron chi connectivity index (χ3n) is 6.11. The molecule has 31 heavy (non-hydrogen) atoms. The van der Waals surface area contributed by atoms with Crippen LogP contribution >= 0.6 is 0 Å². The first-order valence-corrected chi connectivity index (χ1v) is 11.2. The molecule has 1 N–H and O–H groups in total. The van der Waals surface area contributed by atoms with Gasteiger partial charge in [-0.25, -0.2) is 13.2 Å². The highest BCUT2D eigenvalue weighted by Crippen LogP contribution is 2.38. The molecule has 2 aromatic rings. The van der Waals surface area contributed by atoms with Crippen LogP contribution in [-0.2, 0) is 0 Å². The lowest BCUT2D eigenvalue weighted by atomic mass is 9.78. The number of ether oxygens (including phenoxy) is 1. The summed E-state index contributed by atoms with van der Waals surface area (Å²) >= 11 is 0. The van der Waals surface area contributed by atoms with Gasteiger partial charge in [-0.1, -0.05) is 43.7 Å². The molecule has 1 aliphatic carbocycles. The number of aliphatic hydroxyl groups is 1. The maximum atomic E-state index is 14.5. The Hall–Kier alpha value is -2.27. The van der Waals surface area contributed by atoms with Gasteiger partial charge in [0.25, 0.3) is 0 Å². The monoisotopic (exact) mass is 432 g/mol. The van der Waals surface area contributed by atoms with E-state index in [1.165, 1.54) is 18.2 Å². The first kappa shape index (κ1) is 23.4. The molecule has 2 nitrogen and oxygen atoms in total. The van der Waals surface area contributed by atoms with Gasteiger partial charge in [-0.15, -0.1) is 0 Å². The van der Waals surface area contributed by atoms with Crippen LogP contribution in [0.1, 0.15) is 81.1 Å². The maximum Gasteiger partial charge on any atom is 0.166 e. The molecule has 0 heterocycles. The molecule has 1 unspecified atom stereocenters. The maximum absolute atomic E-state index is 14.5. The average Bonchev–Trinajstić information content (AvgIpc) is 2.76. The van der Waals surface area contributed by atoms with E-state index in [-0.39, 0.29) is 28.8 Å². The third kappa shape index (κ3) is 5.70. The van der Waals surface area contributed by atoms with Gasteiger partial charge >= 0.3 is 0 Å². The molecule has 0 spiro atoms. The van der Waals surface area contributed by atoms with Crippen LogP contribution in [0.2, 0.25) is 0 Å². The first-order valence-electron chi connectivity index (χ1n) is 11.2. The summed E-state index contributed by atoms with van der Waals surface area (Å²) in [5.74, 6) is -1.17. The van der Waals surface area contributed by atoms with Gasteiger partial charge < -0.3 is 9.84 Å². The van der Waals surface area contributed by atoms with Crippen LogP contribution in [0.3, 0.4) is 0 Å². The molecule has 0 radical (unpaired) electrons. The molecule has 1 aliphatic rings. The van der Waals surface area contributed by atoms with Crippen molar-refractivity contribution in [2.24, 2.45) is 5.92 Å². The Labute approximate surface area is 182 Å². The topological polar surface area (TPSA) is 29.5 Å². The van der Waals surface area contributed by atoms with Crippen LogP contribution in [0.5, 0.6) is 5.75 Å². The Morgan fingerprint density at radius 3 is 2.42 bits per heavy atom. The van der Waals surface area contributed by atoms with Crippen LogP contribution in [0.15, 0.2) is 36.4 Å². The Morgan fingerprint density at radius 1 is 1.03 bits per heavy atom. The Bertz CT molecular complexity index is 902. The van der Waals surface area contributed by atoms with Crippen LogP contribution in [0.4, 0.5) is 13.2 Å². The summed E-state index contributed by atoms with van der Waals surface area (Å²) in [6.07, 6.45) is 7.06. The van der Waals surface area contributed by atoms with Crippen LogP contribution < -0.4 is 4.74 Å². The SMILES string of the molecule is CCCC(O)c1ccc(/C=C/C2CCC(c3ccc(OCC)cc3F)CC2)c(F)c1F. The normalized spacial score (nSPS) is 20.2. The smallest absolute Gasteiger partial charge is 0.166 e. The van der Waals surface area contributed by atoms with Gasteiger partial charge in [-0.3, -0.25) is 0 Å². The van der Waals surface area contributed by atoms with Gasteiger partial charge in [-0.05, 0) is 62.5 Å². The summed E-state index contributed by atoms with van der Waals surface area (Å²) in [6, 6.07) is 8.05. The standard InChI is InChI=1S/C26H31F3O2/c1-3-5-24(30)22-14-12-19(25(28)26(22)29)11-8-17-6-9-18(10-7-17)21-15-13-20(31-4-2)16-23(21)27/h8,11-18,24,30H,3-7,9-10H2,1-2H3/b11-8+. The predicted octanol–water partition coefficient (Wildman–Crippen LogP) is 7.32. The van der Waals surface area contributed by atoms with E-state index in [0.29, 0.717) is 25.2 Å². The number of halogens is 3. The number of hydrogen-bond donors (Lipinski definition) is 1. The molecule has 0 bridgehead atoms. The van der Waals surface area contributed by atoms with Crippen molar-refractivity contribution >= 4 is 6.08 Å². The summed E-state index contributed by atoms with van der Waals surface area (Å²) < 4.78 is 48.6. The fraction of sp³-hybridized carbons (Fsp3) is 0.462.